The number of amides is 2. The Bertz CT molecular complexity index is 670. The fraction of sp³-hybridized carbons (Fsp3) is 0.368. The summed E-state index contributed by atoms with van der Waals surface area (Å²) in [7, 11) is 0. The van der Waals surface area contributed by atoms with Crippen molar-refractivity contribution in [2.45, 2.75) is 19.3 Å². The van der Waals surface area contributed by atoms with Crippen LogP contribution in [0.1, 0.15) is 16.9 Å². The molecule has 1 aromatic heterocycles. The topological polar surface area (TPSA) is 49.4 Å². The summed E-state index contributed by atoms with van der Waals surface area (Å²) in [5, 5.41) is 5.01. The summed E-state index contributed by atoms with van der Waals surface area (Å²) in [5.74, 6) is -0.122. The quantitative estimate of drug-likeness (QED) is 0.840. The van der Waals surface area contributed by atoms with Gasteiger partial charge < -0.3 is 10.2 Å². The Morgan fingerprint density at radius 3 is 2.75 bits per heavy atom. The first kappa shape index (κ1) is 16.7. The van der Waals surface area contributed by atoms with E-state index in [4.69, 9.17) is 0 Å². The molecule has 2 amide bonds. The molecule has 0 bridgehead atoms. The average molecular weight is 342 g/mol. The Morgan fingerprint density at radius 2 is 2.00 bits per heavy atom. The van der Waals surface area contributed by atoms with E-state index < -0.39 is 0 Å². The molecule has 0 unspecified atom stereocenters. The highest BCUT2D eigenvalue weighted by Gasteiger charge is 2.33. The molecule has 1 N–H and O–H groups in total. The number of hydrogen-bond donors (Lipinski definition) is 1. The summed E-state index contributed by atoms with van der Waals surface area (Å²) < 4.78 is 0. The van der Waals surface area contributed by atoms with Crippen LogP contribution in [0, 0.1) is 5.92 Å². The Labute approximate surface area is 146 Å². The van der Waals surface area contributed by atoms with Gasteiger partial charge in [-0.25, -0.2) is 0 Å². The van der Waals surface area contributed by atoms with Crippen LogP contribution >= 0.6 is 11.3 Å². The molecule has 0 saturated carbocycles. The van der Waals surface area contributed by atoms with Crippen LogP contribution in [0.15, 0.2) is 47.8 Å². The van der Waals surface area contributed by atoms with Crippen molar-refractivity contribution in [2.75, 3.05) is 19.6 Å². The van der Waals surface area contributed by atoms with Crippen molar-refractivity contribution in [3.8, 4) is 0 Å². The molecule has 1 saturated heterocycles. The van der Waals surface area contributed by atoms with Crippen molar-refractivity contribution in [3.63, 3.8) is 0 Å². The molecule has 1 aromatic carbocycles. The van der Waals surface area contributed by atoms with Gasteiger partial charge in [0, 0.05) is 30.9 Å². The lowest BCUT2D eigenvalue weighted by Gasteiger charge is -2.16. The van der Waals surface area contributed by atoms with Crippen molar-refractivity contribution in [2.24, 2.45) is 5.92 Å². The molecule has 5 heteroatoms. The molecule has 4 nitrogen and oxygen atoms in total. The highest BCUT2D eigenvalue weighted by atomic mass is 32.1. The minimum Gasteiger partial charge on any atom is -0.355 e. The molecule has 1 aliphatic rings. The van der Waals surface area contributed by atoms with Crippen LogP contribution in [0.2, 0.25) is 0 Å². The number of rotatable bonds is 7. The maximum absolute atomic E-state index is 12.3. The van der Waals surface area contributed by atoms with Crippen LogP contribution in [0.4, 0.5) is 0 Å². The maximum Gasteiger partial charge on any atom is 0.225 e. The zero-order chi connectivity index (χ0) is 16.8. The van der Waals surface area contributed by atoms with Crippen molar-refractivity contribution < 1.29 is 9.59 Å². The van der Waals surface area contributed by atoms with Crippen molar-refractivity contribution in [1.29, 1.82) is 0 Å². The molecule has 1 atom stereocenters. The lowest BCUT2D eigenvalue weighted by Crippen LogP contribution is -2.34. The van der Waals surface area contributed by atoms with Gasteiger partial charge in [0.25, 0.3) is 0 Å². The van der Waals surface area contributed by atoms with E-state index in [1.165, 1.54) is 10.4 Å². The third kappa shape index (κ3) is 4.45. The Balaban J connectivity index is 1.42. The summed E-state index contributed by atoms with van der Waals surface area (Å²) in [6.45, 7) is 1.85. The van der Waals surface area contributed by atoms with Crippen LogP contribution in [-0.2, 0) is 22.4 Å². The normalized spacial score (nSPS) is 17.2. The first-order valence-electron chi connectivity index (χ1n) is 8.34. The smallest absolute Gasteiger partial charge is 0.225 e. The molecule has 2 heterocycles. The van der Waals surface area contributed by atoms with Crippen LogP contribution in [0.25, 0.3) is 0 Å². The second kappa shape index (κ2) is 8.11. The third-order valence-electron chi connectivity index (χ3n) is 4.35. The third-order valence-corrected chi connectivity index (χ3v) is 5.29. The van der Waals surface area contributed by atoms with Crippen molar-refractivity contribution >= 4 is 23.2 Å². The second-order valence-electron chi connectivity index (χ2n) is 6.10. The van der Waals surface area contributed by atoms with Gasteiger partial charge in [-0.1, -0.05) is 36.4 Å². The largest absolute Gasteiger partial charge is 0.355 e. The zero-order valence-electron chi connectivity index (χ0n) is 13.6. The van der Waals surface area contributed by atoms with E-state index in [0.29, 0.717) is 26.1 Å². The fourth-order valence-electron chi connectivity index (χ4n) is 2.98. The number of hydrogen-bond acceptors (Lipinski definition) is 3. The molecule has 0 spiro atoms. The lowest BCUT2D eigenvalue weighted by molar-refractivity contribution is -0.129. The SMILES string of the molecule is O=C(NCCc1cccs1)[C@H]1CC(=O)N(CCc2ccccc2)C1. The molecule has 0 radical (unpaired) electrons. The number of thiophene rings is 1. The van der Waals surface area contributed by atoms with Crippen molar-refractivity contribution in [3.05, 3.63) is 58.3 Å². The number of carbonyl (C=O) groups excluding carboxylic acids is 2. The Hall–Kier alpha value is -2.14. The Kier molecular flexibility index (Phi) is 5.64. The molecule has 3 rings (SSSR count). The van der Waals surface area contributed by atoms with Crippen LogP contribution < -0.4 is 5.32 Å². The molecular formula is C19H22N2O2S. The van der Waals surface area contributed by atoms with Gasteiger partial charge in [0.1, 0.15) is 0 Å². The van der Waals surface area contributed by atoms with E-state index >= 15 is 0 Å². The number of benzene rings is 1. The number of nitrogens with zero attached hydrogens (tertiary/aromatic N) is 1. The minimum absolute atomic E-state index is 0.00196. The van der Waals surface area contributed by atoms with Gasteiger partial charge in [-0.15, -0.1) is 11.3 Å². The van der Waals surface area contributed by atoms with Gasteiger partial charge in [-0.05, 0) is 29.9 Å². The van der Waals surface area contributed by atoms with Gasteiger partial charge in [0.2, 0.25) is 11.8 Å². The average Bonchev–Trinajstić information content (AvgIpc) is 3.24. The van der Waals surface area contributed by atoms with Crippen molar-refractivity contribution in [1.82, 2.24) is 10.2 Å². The highest BCUT2D eigenvalue weighted by Crippen LogP contribution is 2.18. The molecular weight excluding hydrogens is 320 g/mol. The molecule has 1 fully saturated rings. The first-order chi connectivity index (χ1) is 11.7. The molecule has 126 valence electrons. The number of likely N-dealkylation sites (tertiary alicyclic amines) is 1. The van der Waals surface area contributed by atoms with E-state index in [1.54, 1.807) is 11.3 Å². The highest BCUT2D eigenvalue weighted by molar-refractivity contribution is 7.09. The predicted molar refractivity (Wildman–Crippen MR) is 95.9 cm³/mol. The van der Waals surface area contributed by atoms with Gasteiger partial charge in [-0.3, -0.25) is 9.59 Å². The van der Waals surface area contributed by atoms with E-state index in [-0.39, 0.29) is 17.7 Å². The summed E-state index contributed by atoms with van der Waals surface area (Å²) in [5.41, 5.74) is 1.22. The first-order valence-corrected chi connectivity index (χ1v) is 9.22. The van der Waals surface area contributed by atoms with Crippen LogP contribution in [-0.4, -0.2) is 36.3 Å². The van der Waals surface area contributed by atoms with Crippen LogP contribution in [0.3, 0.4) is 0 Å². The molecule has 0 aliphatic carbocycles. The summed E-state index contributed by atoms with van der Waals surface area (Å²) in [6, 6.07) is 14.2. The van der Waals surface area contributed by atoms with Gasteiger partial charge in [0.05, 0.1) is 5.92 Å². The Morgan fingerprint density at radius 1 is 1.17 bits per heavy atom. The summed E-state index contributed by atoms with van der Waals surface area (Å²) in [4.78, 5) is 27.5. The fourth-order valence-corrected chi connectivity index (χ4v) is 3.69. The summed E-state index contributed by atoms with van der Waals surface area (Å²) in [6.07, 6.45) is 2.01. The number of carbonyl (C=O) groups is 2. The zero-order valence-corrected chi connectivity index (χ0v) is 14.4. The standard InChI is InChI=1S/C19H22N2O2S/c22-18-13-16(19(23)20-10-8-17-7-4-12-24-17)14-21(18)11-9-15-5-2-1-3-6-15/h1-7,12,16H,8-11,13-14H2,(H,20,23)/t16-/m0/s1. The lowest BCUT2D eigenvalue weighted by atomic mass is 10.1. The predicted octanol–water partition coefficient (Wildman–Crippen LogP) is 2.50. The molecule has 2 aromatic rings. The second-order valence-corrected chi connectivity index (χ2v) is 7.13. The monoisotopic (exact) mass is 342 g/mol. The molecule has 24 heavy (non-hydrogen) atoms. The van der Waals surface area contributed by atoms with E-state index in [9.17, 15) is 9.59 Å². The number of nitrogens with one attached hydrogen (secondary N) is 1. The summed E-state index contributed by atoms with van der Waals surface area (Å²) >= 11 is 1.70. The van der Waals surface area contributed by atoms with Gasteiger partial charge >= 0.3 is 0 Å². The van der Waals surface area contributed by atoms with Crippen LogP contribution in [0.5, 0.6) is 0 Å². The van der Waals surface area contributed by atoms with Gasteiger partial charge in [0.15, 0.2) is 0 Å². The molecule has 1 aliphatic heterocycles. The van der Waals surface area contributed by atoms with E-state index in [0.717, 1.165) is 12.8 Å². The maximum atomic E-state index is 12.3. The van der Waals surface area contributed by atoms with E-state index in [2.05, 4.69) is 23.5 Å². The van der Waals surface area contributed by atoms with E-state index in [1.807, 2.05) is 34.5 Å². The minimum atomic E-state index is -0.211. The van der Waals surface area contributed by atoms with Gasteiger partial charge in [-0.2, -0.15) is 0 Å².